The van der Waals surface area contributed by atoms with Gasteiger partial charge in [0.05, 0.1) is 0 Å². The number of hydrogen-bond acceptors (Lipinski definition) is 2. The summed E-state index contributed by atoms with van der Waals surface area (Å²) in [6.07, 6.45) is 0.309. The molecule has 0 bridgehead atoms. The molecule has 4 heteroatoms. The Morgan fingerprint density at radius 2 is 1.67 bits per heavy atom. The molecule has 0 spiro atoms. The number of anilines is 1. The molecule has 4 nitrogen and oxygen atoms in total. The largest absolute Gasteiger partial charge is 0.340 e. The third-order valence-electron chi connectivity index (χ3n) is 3.47. The molecule has 0 unspecified atom stereocenters. The van der Waals surface area contributed by atoms with Gasteiger partial charge in [-0.15, -0.1) is 0 Å². The second-order valence-corrected chi connectivity index (χ2v) is 5.88. The highest BCUT2D eigenvalue weighted by atomic mass is 16.2. The molecular formula is C17H26N2O2. The van der Waals surface area contributed by atoms with E-state index < -0.39 is 0 Å². The van der Waals surface area contributed by atoms with Gasteiger partial charge in [-0.3, -0.25) is 9.59 Å². The van der Waals surface area contributed by atoms with Crippen molar-refractivity contribution >= 4 is 17.5 Å². The second-order valence-electron chi connectivity index (χ2n) is 5.88. The van der Waals surface area contributed by atoms with Gasteiger partial charge >= 0.3 is 0 Å². The lowest BCUT2D eigenvalue weighted by Crippen LogP contribution is -2.37. The Morgan fingerprint density at radius 3 is 2.10 bits per heavy atom. The molecule has 0 heterocycles. The van der Waals surface area contributed by atoms with E-state index in [9.17, 15) is 9.59 Å². The first-order chi connectivity index (χ1) is 9.81. The van der Waals surface area contributed by atoms with Crippen LogP contribution in [-0.4, -0.2) is 29.3 Å². The highest BCUT2D eigenvalue weighted by molar-refractivity contribution is 5.91. The zero-order valence-corrected chi connectivity index (χ0v) is 13.6. The number of carbonyl (C=O) groups excluding carboxylic acids is 2. The SMILES string of the molecule is CC(=O)N(CCC(=O)Nc1ccc(C(C)C)cc1)C(C)C. The Morgan fingerprint density at radius 1 is 1.10 bits per heavy atom. The van der Waals surface area contributed by atoms with Crippen LogP contribution in [0.1, 0.15) is 52.5 Å². The van der Waals surface area contributed by atoms with E-state index in [0.717, 1.165) is 5.69 Å². The normalized spacial score (nSPS) is 10.8. The van der Waals surface area contributed by atoms with Gasteiger partial charge in [0, 0.05) is 31.6 Å². The lowest BCUT2D eigenvalue weighted by Gasteiger charge is -2.24. The van der Waals surface area contributed by atoms with Crippen LogP contribution in [0.15, 0.2) is 24.3 Å². The lowest BCUT2D eigenvalue weighted by atomic mass is 10.0. The molecule has 1 aromatic rings. The summed E-state index contributed by atoms with van der Waals surface area (Å²) < 4.78 is 0. The first-order valence-electron chi connectivity index (χ1n) is 7.48. The van der Waals surface area contributed by atoms with E-state index in [-0.39, 0.29) is 17.9 Å². The van der Waals surface area contributed by atoms with Crippen LogP contribution in [0, 0.1) is 0 Å². The van der Waals surface area contributed by atoms with Crippen molar-refractivity contribution in [3.63, 3.8) is 0 Å². The van der Waals surface area contributed by atoms with Crippen LogP contribution in [0.3, 0.4) is 0 Å². The minimum atomic E-state index is -0.0702. The Bertz CT molecular complexity index is 478. The van der Waals surface area contributed by atoms with Gasteiger partial charge < -0.3 is 10.2 Å². The summed E-state index contributed by atoms with van der Waals surface area (Å²) in [4.78, 5) is 25.1. The molecule has 0 atom stereocenters. The monoisotopic (exact) mass is 290 g/mol. The maximum absolute atomic E-state index is 11.9. The Balaban J connectivity index is 2.52. The van der Waals surface area contributed by atoms with E-state index in [4.69, 9.17) is 0 Å². The molecule has 1 N–H and O–H groups in total. The third kappa shape index (κ3) is 5.58. The number of nitrogens with one attached hydrogen (secondary N) is 1. The lowest BCUT2D eigenvalue weighted by molar-refractivity contribution is -0.130. The maximum Gasteiger partial charge on any atom is 0.226 e. The maximum atomic E-state index is 11.9. The fourth-order valence-corrected chi connectivity index (χ4v) is 2.18. The van der Waals surface area contributed by atoms with Gasteiger partial charge in [0.15, 0.2) is 0 Å². The number of benzene rings is 1. The molecule has 0 saturated heterocycles. The highest BCUT2D eigenvalue weighted by Gasteiger charge is 2.14. The minimum Gasteiger partial charge on any atom is -0.340 e. The highest BCUT2D eigenvalue weighted by Crippen LogP contribution is 2.17. The number of amides is 2. The standard InChI is InChI=1S/C17H26N2O2/c1-12(2)15-6-8-16(9-7-15)18-17(21)10-11-19(13(3)4)14(5)20/h6-9,12-13H,10-11H2,1-5H3,(H,18,21). The number of nitrogens with zero attached hydrogens (tertiary/aromatic N) is 1. The Hall–Kier alpha value is -1.84. The van der Waals surface area contributed by atoms with Crippen molar-refractivity contribution in [2.45, 2.75) is 53.0 Å². The summed E-state index contributed by atoms with van der Waals surface area (Å²) in [7, 11) is 0. The predicted octanol–water partition coefficient (Wildman–Crippen LogP) is 3.40. The van der Waals surface area contributed by atoms with Gasteiger partial charge in [-0.25, -0.2) is 0 Å². The van der Waals surface area contributed by atoms with Gasteiger partial charge in [0.1, 0.15) is 0 Å². The number of rotatable bonds is 6. The average Bonchev–Trinajstić information content (AvgIpc) is 2.38. The molecular weight excluding hydrogens is 264 g/mol. The third-order valence-corrected chi connectivity index (χ3v) is 3.47. The summed E-state index contributed by atoms with van der Waals surface area (Å²) in [5.74, 6) is 0.406. The van der Waals surface area contributed by atoms with E-state index in [1.165, 1.54) is 12.5 Å². The summed E-state index contributed by atoms with van der Waals surface area (Å²) in [6, 6.07) is 7.99. The predicted molar refractivity (Wildman–Crippen MR) is 86.3 cm³/mol. The van der Waals surface area contributed by atoms with Crippen molar-refractivity contribution < 1.29 is 9.59 Å². The molecule has 0 aliphatic carbocycles. The smallest absolute Gasteiger partial charge is 0.226 e. The first kappa shape index (κ1) is 17.2. The molecule has 1 aromatic carbocycles. The Labute approximate surface area is 127 Å². The van der Waals surface area contributed by atoms with Gasteiger partial charge in [-0.2, -0.15) is 0 Å². The van der Waals surface area contributed by atoms with Crippen LogP contribution in [0.2, 0.25) is 0 Å². The van der Waals surface area contributed by atoms with Crippen LogP contribution >= 0.6 is 0 Å². The fraction of sp³-hybridized carbons (Fsp3) is 0.529. The summed E-state index contributed by atoms with van der Waals surface area (Å²) >= 11 is 0. The zero-order valence-electron chi connectivity index (χ0n) is 13.6. The van der Waals surface area contributed by atoms with Crippen molar-refractivity contribution in [2.75, 3.05) is 11.9 Å². The first-order valence-corrected chi connectivity index (χ1v) is 7.48. The van der Waals surface area contributed by atoms with Crippen molar-refractivity contribution in [1.29, 1.82) is 0 Å². The molecule has 2 amide bonds. The van der Waals surface area contributed by atoms with Gasteiger partial charge in [-0.1, -0.05) is 26.0 Å². The molecule has 1 rings (SSSR count). The van der Waals surface area contributed by atoms with Crippen LogP contribution in [0.5, 0.6) is 0 Å². The van der Waals surface area contributed by atoms with E-state index >= 15 is 0 Å². The van der Waals surface area contributed by atoms with E-state index in [1.807, 2.05) is 38.1 Å². The van der Waals surface area contributed by atoms with Crippen molar-refractivity contribution in [3.05, 3.63) is 29.8 Å². The zero-order chi connectivity index (χ0) is 16.0. The molecule has 0 aliphatic rings. The molecule has 0 fully saturated rings. The second kappa shape index (κ2) is 7.81. The van der Waals surface area contributed by atoms with E-state index in [2.05, 4.69) is 19.2 Å². The van der Waals surface area contributed by atoms with Gasteiger partial charge in [0.25, 0.3) is 0 Å². The summed E-state index contributed by atoms with van der Waals surface area (Å²) in [5, 5.41) is 2.86. The van der Waals surface area contributed by atoms with Gasteiger partial charge in [-0.05, 0) is 37.5 Å². The number of carbonyl (C=O) groups is 2. The van der Waals surface area contributed by atoms with Crippen LogP contribution in [-0.2, 0) is 9.59 Å². The van der Waals surface area contributed by atoms with Crippen LogP contribution < -0.4 is 5.32 Å². The quantitative estimate of drug-likeness (QED) is 0.873. The molecule has 21 heavy (non-hydrogen) atoms. The summed E-state index contributed by atoms with van der Waals surface area (Å²) in [6.45, 7) is 10.1. The molecule has 0 aliphatic heterocycles. The summed E-state index contributed by atoms with van der Waals surface area (Å²) in [5.41, 5.74) is 2.04. The van der Waals surface area contributed by atoms with Crippen molar-refractivity contribution in [1.82, 2.24) is 4.90 Å². The average molecular weight is 290 g/mol. The molecule has 116 valence electrons. The molecule has 0 saturated carbocycles. The fourth-order valence-electron chi connectivity index (χ4n) is 2.18. The van der Waals surface area contributed by atoms with Crippen molar-refractivity contribution in [3.8, 4) is 0 Å². The van der Waals surface area contributed by atoms with Crippen LogP contribution in [0.25, 0.3) is 0 Å². The topological polar surface area (TPSA) is 49.4 Å². The molecule has 0 radical (unpaired) electrons. The van der Waals surface area contributed by atoms with Crippen LogP contribution in [0.4, 0.5) is 5.69 Å². The van der Waals surface area contributed by atoms with Crippen molar-refractivity contribution in [2.24, 2.45) is 0 Å². The number of hydrogen-bond donors (Lipinski definition) is 1. The van der Waals surface area contributed by atoms with Gasteiger partial charge in [0.2, 0.25) is 11.8 Å². The molecule has 0 aromatic heterocycles. The van der Waals surface area contributed by atoms with E-state index in [0.29, 0.717) is 18.9 Å². The minimum absolute atomic E-state index is 0.000846. The Kier molecular flexibility index (Phi) is 6.40. The van der Waals surface area contributed by atoms with E-state index in [1.54, 1.807) is 4.90 Å².